The summed E-state index contributed by atoms with van der Waals surface area (Å²) in [6, 6.07) is 76.9. The van der Waals surface area contributed by atoms with E-state index in [1.165, 1.54) is 44.8 Å². The van der Waals surface area contributed by atoms with Crippen molar-refractivity contribution in [2.75, 3.05) is 15.2 Å². The van der Waals surface area contributed by atoms with Crippen LogP contribution in [0.5, 0.6) is 0 Å². The molecule has 4 nitrogen and oxygen atoms in total. The Labute approximate surface area is 387 Å². The summed E-state index contributed by atoms with van der Waals surface area (Å²) in [7, 11) is 0. The van der Waals surface area contributed by atoms with Gasteiger partial charge in [0.1, 0.15) is 0 Å². The zero-order chi connectivity index (χ0) is 44.2. The average molecular weight is 849 g/mol. The SMILES string of the molecule is CC1(C)c2ccccc2-c2ccc(N(c3ccc(-c4cccc5c(NN=C(c6ccccc6)c6ccccc6)cccc45)cc3)c3ccc4c(c3)C3C=CC=CC3N4c3ccccc3)cc21. The summed E-state index contributed by atoms with van der Waals surface area (Å²) in [5.74, 6) is 0.238. The first-order valence-corrected chi connectivity index (χ1v) is 23.0. The third kappa shape index (κ3) is 6.64. The molecule has 0 saturated carbocycles. The third-order valence-electron chi connectivity index (χ3n) is 13.9. The van der Waals surface area contributed by atoms with Crippen LogP contribution in [-0.4, -0.2) is 11.8 Å². The Morgan fingerprint density at radius 3 is 1.89 bits per heavy atom. The van der Waals surface area contributed by atoms with Crippen LogP contribution < -0.4 is 15.2 Å². The van der Waals surface area contributed by atoms with Crippen LogP contribution in [0.25, 0.3) is 33.0 Å². The number of benzene rings is 9. The highest BCUT2D eigenvalue weighted by atomic mass is 15.3. The van der Waals surface area contributed by atoms with Crippen LogP contribution >= 0.6 is 0 Å². The largest absolute Gasteiger partial charge is 0.333 e. The summed E-state index contributed by atoms with van der Waals surface area (Å²) in [6.07, 6.45) is 9.11. The van der Waals surface area contributed by atoms with E-state index in [9.17, 15) is 0 Å². The standard InChI is InChI=1S/C62H48N4/c1-62(2)56-29-14-12-24-51(56)52-38-36-48(41-57(52)62)65(47-37-39-60-55(40-47)54-25-13-15-31-59(54)66(60)45-22-10-5-11-23-45)46-34-32-42(33-35-46)49-26-16-28-53-50(49)27-17-30-58(53)63-64-61(43-18-6-3-7-19-43)44-20-8-4-9-21-44/h3-41,54,59,63H,1-2H3. The van der Waals surface area contributed by atoms with Crippen molar-refractivity contribution in [1.29, 1.82) is 0 Å². The molecule has 12 rings (SSSR count). The number of fused-ring (bicyclic) bond motifs is 7. The molecule has 9 aromatic carbocycles. The molecule has 2 unspecified atom stereocenters. The van der Waals surface area contributed by atoms with Crippen molar-refractivity contribution in [1.82, 2.24) is 0 Å². The zero-order valence-electron chi connectivity index (χ0n) is 37.0. The van der Waals surface area contributed by atoms with E-state index >= 15 is 0 Å². The van der Waals surface area contributed by atoms with Crippen molar-refractivity contribution >= 4 is 50.6 Å². The van der Waals surface area contributed by atoms with Crippen molar-refractivity contribution in [3.63, 3.8) is 0 Å². The highest BCUT2D eigenvalue weighted by Crippen LogP contribution is 2.53. The Morgan fingerprint density at radius 1 is 0.515 bits per heavy atom. The lowest BCUT2D eigenvalue weighted by molar-refractivity contribution is 0.660. The van der Waals surface area contributed by atoms with E-state index in [0.717, 1.165) is 55.9 Å². The van der Waals surface area contributed by atoms with Crippen LogP contribution in [0, 0.1) is 0 Å². The topological polar surface area (TPSA) is 30.9 Å². The molecule has 0 fully saturated rings. The predicted octanol–water partition coefficient (Wildman–Crippen LogP) is 15.9. The lowest BCUT2D eigenvalue weighted by Gasteiger charge is -2.29. The molecule has 1 aliphatic heterocycles. The second-order valence-corrected chi connectivity index (χ2v) is 18.0. The van der Waals surface area contributed by atoms with Gasteiger partial charge in [-0.2, -0.15) is 5.10 Å². The molecule has 0 saturated heterocycles. The Morgan fingerprint density at radius 2 is 1.12 bits per heavy atom. The van der Waals surface area contributed by atoms with Crippen LogP contribution in [0.4, 0.5) is 34.1 Å². The summed E-state index contributed by atoms with van der Waals surface area (Å²) < 4.78 is 0. The Kier molecular flexibility index (Phi) is 9.61. The number of hydrazone groups is 1. The number of rotatable bonds is 9. The van der Waals surface area contributed by atoms with E-state index in [0.29, 0.717) is 0 Å². The molecule has 0 bridgehead atoms. The third-order valence-corrected chi connectivity index (χ3v) is 13.9. The first-order valence-electron chi connectivity index (χ1n) is 23.0. The Bertz CT molecular complexity index is 3330. The maximum Gasteiger partial charge on any atom is 0.0977 e. The van der Waals surface area contributed by atoms with Gasteiger partial charge >= 0.3 is 0 Å². The van der Waals surface area contributed by atoms with Crippen LogP contribution in [-0.2, 0) is 5.41 Å². The van der Waals surface area contributed by atoms with Gasteiger partial charge in [0.25, 0.3) is 0 Å². The van der Waals surface area contributed by atoms with E-state index < -0.39 is 0 Å². The first-order chi connectivity index (χ1) is 32.5. The van der Waals surface area contributed by atoms with E-state index in [1.807, 2.05) is 12.1 Å². The van der Waals surface area contributed by atoms with Gasteiger partial charge in [0.2, 0.25) is 0 Å². The molecule has 4 heteroatoms. The second kappa shape index (κ2) is 16.1. The summed E-state index contributed by atoms with van der Waals surface area (Å²) in [6.45, 7) is 4.72. The summed E-state index contributed by atoms with van der Waals surface area (Å²) in [5, 5.41) is 7.30. The van der Waals surface area contributed by atoms with Gasteiger partial charge in [0, 0.05) is 56.3 Å². The number of hydrogen-bond donors (Lipinski definition) is 1. The van der Waals surface area contributed by atoms with Gasteiger partial charge in [-0.1, -0.05) is 190 Å². The smallest absolute Gasteiger partial charge is 0.0977 e. The summed E-state index contributed by atoms with van der Waals surface area (Å²) in [5.41, 5.74) is 22.2. The number of hydrogen-bond acceptors (Lipinski definition) is 4. The molecule has 1 N–H and O–H groups in total. The van der Waals surface area contributed by atoms with Crippen molar-refractivity contribution in [3.8, 4) is 22.3 Å². The summed E-state index contributed by atoms with van der Waals surface area (Å²) in [4.78, 5) is 4.95. The number of nitrogens with zero attached hydrogens (tertiary/aromatic N) is 3. The summed E-state index contributed by atoms with van der Waals surface area (Å²) >= 11 is 0. The maximum atomic E-state index is 5.03. The minimum atomic E-state index is -0.129. The van der Waals surface area contributed by atoms with E-state index in [1.54, 1.807) is 0 Å². The van der Waals surface area contributed by atoms with Crippen LogP contribution in [0.15, 0.2) is 242 Å². The fourth-order valence-electron chi connectivity index (χ4n) is 10.7. The van der Waals surface area contributed by atoms with Gasteiger partial charge in [-0.15, -0.1) is 0 Å². The molecule has 3 aliphatic rings. The molecule has 0 spiro atoms. The highest BCUT2D eigenvalue weighted by molar-refractivity contribution is 6.13. The minimum Gasteiger partial charge on any atom is -0.333 e. The van der Waals surface area contributed by atoms with Gasteiger partial charge in [-0.3, -0.25) is 5.43 Å². The lowest BCUT2D eigenvalue weighted by atomic mass is 9.82. The molecule has 66 heavy (non-hydrogen) atoms. The Balaban J connectivity index is 0.944. The van der Waals surface area contributed by atoms with Crippen molar-refractivity contribution in [2.24, 2.45) is 5.10 Å². The number of allylic oxidation sites excluding steroid dienone is 2. The van der Waals surface area contributed by atoms with Gasteiger partial charge in [0.05, 0.1) is 17.4 Å². The minimum absolute atomic E-state index is 0.129. The first kappa shape index (κ1) is 39.4. The van der Waals surface area contributed by atoms with Crippen molar-refractivity contribution in [3.05, 3.63) is 264 Å². The average Bonchev–Trinajstić information content (AvgIpc) is 3.82. The molecule has 316 valence electrons. The fourth-order valence-corrected chi connectivity index (χ4v) is 10.7. The zero-order valence-corrected chi connectivity index (χ0v) is 37.0. The molecule has 0 radical (unpaired) electrons. The van der Waals surface area contributed by atoms with Crippen molar-refractivity contribution in [2.45, 2.75) is 31.2 Å². The van der Waals surface area contributed by atoms with E-state index in [2.05, 4.69) is 254 Å². The molecule has 2 atom stereocenters. The monoisotopic (exact) mass is 848 g/mol. The maximum absolute atomic E-state index is 5.03. The molecule has 9 aromatic rings. The normalized spacial score (nSPS) is 16.0. The second-order valence-electron chi connectivity index (χ2n) is 18.0. The molecular formula is C62H48N4. The van der Waals surface area contributed by atoms with Gasteiger partial charge < -0.3 is 9.80 Å². The van der Waals surface area contributed by atoms with Crippen LogP contribution in [0.2, 0.25) is 0 Å². The Hall–Kier alpha value is -8.21. The van der Waals surface area contributed by atoms with Gasteiger partial charge in [-0.05, 0) is 105 Å². The molecule has 1 heterocycles. The quantitative estimate of drug-likeness (QED) is 0.116. The molecule has 0 amide bonds. The highest BCUT2D eigenvalue weighted by Gasteiger charge is 2.39. The van der Waals surface area contributed by atoms with Crippen LogP contribution in [0.1, 0.15) is 47.6 Å². The van der Waals surface area contributed by atoms with E-state index in [4.69, 9.17) is 5.10 Å². The lowest BCUT2D eigenvalue weighted by Crippen LogP contribution is -2.28. The van der Waals surface area contributed by atoms with Crippen molar-refractivity contribution < 1.29 is 0 Å². The van der Waals surface area contributed by atoms with Crippen LogP contribution in [0.3, 0.4) is 0 Å². The molecule has 2 aliphatic carbocycles. The number of nitrogens with one attached hydrogen (secondary N) is 1. The van der Waals surface area contributed by atoms with E-state index in [-0.39, 0.29) is 17.4 Å². The number of para-hydroxylation sites is 1. The molecular weight excluding hydrogens is 801 g/mol. The van der Waals surface area contributed by atoms with Gasteiger partial charge in [0.15, 0.2) is 0 Å². The predicted molar refractivity (Wildman–Crippen MR) is 277 cm³/mol. The molecule has 0 aromatic heterocycles. The fraction of sp³-hybridized carbons (Fsp3) is 0.0806. The number of anilines is 6. The van der Waals surface area contributed by atoms with Gasteiger partial charge in [-0.25, -0.2) is 0 Å².